The van der Waals surface area contributed by atoms with Gasteiger partial charge in [-0.2, -0.15) is 0 Å². The van der Waals surface area contributed by atoms with E-state index in [1.807, 2.05) is 50.4 Å². The second-order valence-corrected chi connectivity index (χ2v) is 10.2. The van der Waals surface area contributed by atoms with E-state index in [0.717, 1.165) is 26.3 Å². The van der Waals surface area contributed by atoms with Crippen LogP contribution in [0.3, 0.4) is 0 Å². The van der Waals surface area contributed by atoms with Crippen molar-refractivity contribution in [3.05, 3.63) is 69.1 Å². The molecule has 1 heterocycles. The topological polar surface area (TPSA) is 97.7 Å². The number of benzene rings is 2. The van der Waals surface area contributed by atoms with Gasteiger partial charge in [0.1, 0.15) is 34.5 Å². The fourth-order valence-corrected chi connectivity index (χ4v) is 4.58. The van der Waals surface area contributed by atoms with Gasteiger partial charge < -0.3 is 24.8 Å². The Labute approximate surface area is 221 Å². The minimum absolute atomic E-state index is 0.0748. The summed E-state index contributed by atoms with van der Waals surface area (Å²) in [6.45, 7) is 6.95. The Morgan fingerprint density at radius 3 is 1.83 bits per heavy atom. The first kappa shape index (κ1) is 27.5. The van der Waals surface area contributed by atoms with Gasteiger partial charge in [-0.3, -0.25) is 10.0 Å². The highest BCUT2D eigenvalue weighted by Crippen LogP contribution is 2.33. The van der Waals surface area contributed by atoms with Gasteiger partial charge in [-0.15, -0.1) is 5.53 Å². The zero-order valence-electron chi connectivity index (χ0n) is 20.7. The monoisotopic (exact) mass is 597 g/mol. The fourth-order valence-electron chi connectivity index (χ4n) is 3.74. The molecule has 2 aromatic rings. The molecule has 0 spiro atoms. The van der Waals surface area contributed by atoms with Crippen LogP contribution in [-0.2, 0) is 5.41 Å². The number of hydrazine groups is 2. The second kappa shape index (κ2) is 12.3. The molecule has 1 aliphatic heterocycles. The third-order valence-corrected chi connectivity index (χ3v) is 7.41. The Balaban J connectivity index is 1.54. The summed E-state index contributed by atoms with van der Waals surface area (Å²) < 4.78 is 12.3. The lowest BCUT2D eigenvalue weighted by Crippen LogP contribution is -2.43. The van der Waals surface area contributed by atoms with Crippen molar-refractivity contribution in [1.82, 2.24) is 15.6 Å². The predicted octanol–water partition coefficient (Wildman–Crippen LogP) is 3.17. The fraction of sp³-hybridized carbons (Fsp3) is 0.462. The second-order valence-electron chi connectivity index (χ2n) is 9.18. The van der Waals surface area contributed by atoms with Crippen molar-refractivity contribution in [3.8, 4) is 11.5 Å². The molecule has 192 valence electrons. The Hall–Kier alpha value is -2.05. The molecule has 2 aromatic carbocycles. The van der Waals surface area contributed by atoms with Crippen LogP contribution in [0.25, 0.3) is 0 Å². The standard InChI is InChI=1S/C26H36IN3O5/c1-5-20(32)16-34-22-10-6-18(7-11-22)26(2,3)19-8-12-23(13-9-19)35-17-21(33)14-30-25(27)24(15-31)29(4)28-30/h6-13,20-21,28,31-33H,5,14-17H2,1-4H3. The quantitative estimate of drug-likeness (QED) is 0.219. The lowest BCUT2D eigenvalue weighted by molar-refractivity contribution is 0.0479. The summed E-state index contributed by atoms with van der Waals surface area (Å²) in [5, 5.41) is 33.1. The zero-order valence-corrected chi connectivity index (χ0v) is 22.9. The molecule has 0 fully saturated rings. The molecule has 8 nitrogen and oxygen atoms in total. The smallest absolute Gasteiger partial charge is 0.119 e. The highest BCUT2D eigenvalue weighted by molar-refractivity contribution is 14.1. The minimum Gasteiger partial charge on any atom is -0.491 e. The highest BCUT2D eigenvalue weighted by Gasteiger charge is 2.26. The van der Waals surface area contributed by atoms with E-state index in [2.05, 4.69) is 54.1 Å². The van der Waals surface area contributed by atoms with Crippen LogP contribution >= 0.6 is 22.6 Å². The Bertz CT molecular complexity index is 981. The lowest BCUT2D eigenvalue weighted by atomic mass is 9.78. The molecule has 0 radical (unpaired) electrons. The molecular weight excluding hydrogens is 561 g/mol. The Morgan fingerprint density at radius 1 is 0.914 bits per heavy atom. The summed E-state index contributed by atoms with van der Waals surface area (Å²) in [6, 6.07) is 15.9. The molecule has 1 aliphatic rings. The average Bonchev–Trinajstić information content (AvgIpc) is 3.13. The average molecular weight is 597 g/mol. The van der Waals surface area contributed by atoms with Crippen LogP contribution in [0.5, 0.6) is 11.5 Å². The molecular formula is C26H36IN3O5. The van der Waals surface area contributed by atoms with Crippen LogP contribution in [0.15, 0.2) is 57.9 Å². The van der Waals surface area contributed by atoms with Gasteiger partial charge in [0.15, 0.2) is 0 Å². The highest BCUT2D eigenvalue weighted by atomic mass is 127. The first-order valence-electron chi connectivity index (χ1n) is 11.8. The first-order chi connectivity index (χ1) is 16.6. The largest absolute Gasteiger partial charge is 0.491 e. The summed E-state index contributed by atoms with van der Waals surface area (Å²) in [5.41, 5.74) is 5.91. The number of aliphatic hydroxyl groups excluding tert-OH is 3. The van der Waals surface area contributed by atoms with Crippen molar-refractivity contribution in [2.75, 3.05) is 33.4 Å². The number of likely N-dealkylation sites (N-methyl/N-ethyl adjacent to an activating group) is 1. The van der Waals surface area contributed by atoms with Gasteiger partial charge >= 0.3 is 0 Å². The van der Waals surface area contributed by atoms with Crippen LogP contribution in [0.1, 0.15) is 38.3 Å². The van der Waals surface area contributed by atoms with Gasteiger partial charge in [-0.1, -0.05) is 45.0 Å². The van der Waals surface area contributed by atoms with Crippen molar-refractivity contribution < 1.29 is 24.8 Å². The molecule has 0 amide bonds. The summed E-state index contributed by atoms with van der Waals surface area (Å²) >= 11 is 2.14. The van der Waals surface area contributed by atoms with E-state index in [1.54, 1.807) is 10.0 Å². The van der Waals surface area contributed by atoms with E-state index in [4.69, 9.17) is 9.47 Å². The lowest BCUT2D eigenvalue weighted by Gasteiger charge is -2.27. The molecule has 0 bridgehead atoms. The van der Waals surface area contributed by atoms with Gasteiger partial charge in [0, 0.05) is 12.5 Å². The number of nitrogens with zero attached hydrogens (tertiary/aromatic N) is 2. The van der Waals surface area contributed by atoms with Crippen molar-refractivity contribution in [3.63, 3.8) is 0 Å². The van der Waals surface area contributed by atoms with Gasteiger partial charge in [0.25, 0.3) is 0 Å². The maximum atomic E-state index is 10.4. The molecule has 9 heteroatoms. The molecule has 3 rings (SSSR count). The third kappa shape index (κ3) is 7.01. The van der Waals surface area contributed by atoms with E-state index in [0.29, 0.717) is 25.3 Å². The Kier molecular flexibility index (Phi) is 9.65. The van der Waals surface area contributed by atoms with Crippen molar-refractivity contribution in [2.24, 2.45) is 0 Å². The van der Waals surface area contributed by atoms with E-state index in [-0.39, 0.29) is 18.6 Å². The number of nitrogens with one attached hydrogen (secondary N) is 1. The van der Waals surface area contributed by atoms with E-state index in [9.17, 15) is 15.3 Å². The van der Waals surface area contributed by atoms with Gasteiger partial charge in [0.05, 0.1) is 25.0 Å². The van der Waals surface area contributed by atoms with Crippen molar-refractivity contribution in [2.45, 2.75) is 44.8 Å². The van der Waals surface area contributed by atoms with E-state index in [1.165, 1.54) is 0 Å². The summed E-state index contributed by atoms with van der Waals surface area (Å²) in [6.07, 6.45) is -0.501. The van der Waals surface area contributed by atoms with Crippen LogP contribution in [-0.4, -0.2) is 71.0 Å². The number of rotatable bonds is 12. The maximum absolute atomic E-state index is 10.4. The van der Waals surface area contributed by atoms with Gasteiger partial charge in [0.2, 0.25) is 0 Å². The summed E-state index contributed by atoms with van der Waals surface area (Å²) in [5.74, 6) is 1.43. The number of aliphatic hydroxyl groups is 3. The SMILES string of the molecule is CCC(O)COc1ccc(C(C)(C)c2ccc(OCC(O)CN3NN(C)C(CO)=C3I)cc2)cc1. The molecule has 0 aliphatic carbocycles. The summed E-state index contributed by atoms with van der Waals surface area (Å²) in [4.78, 5) is 0. The molecule has 0 saturated carbocycles. The van der Waals surface area contributed by atoms with Crippen LogP contribution in [0.4, 0.5) is 0 Å². The predicted molar refractivity (Wildman–Crippen MR) is 144 cm³/mol. The molecule has 0 aromatic heterocycles. The van der Waals surface area contributed by atoms with E-state index >= 15 is 0 Å². The van der Waals surface area contributed by atoms with Crippen LogP contribution < -0.4 is 15.0 Å². The molecule has 0 saturated heterocycles. The number of hydrogen-bond donors (Lipinski definition) is 4. The normalized spacial score (nSPS) is 16.0. The number of halogens is 1. The molecule has 35 heavy (non-hydrogen) atoms. The number of β-amino-alcohol motifs (C(OH)–C–C–N with tert-alkyl or cyclic N) is 1. The minimum atomic E-state index is -0.714. The Morgan fingerprint density at radius 2 is 1.40 bits per heavy atom. The van der Waals surface area contributed by atoms with Crippen molar-refractivity contribution in [1.29, 1.82) is 0 Å². The third-order valence-electron chi connectivity index (χ3n) is 6.20. The van der Waals surface area contributed by atoms with Gasteiger partial charge in [-0.25, -0.2) is 0 Å². The van der Waals surface area contributed by atoms with Crippen LogP contribution in [0, 0.1) is 0 Å². The van der Waals surface area contributed by atoms with Gasteiger partial charge in [-0.05, 0) is 64.4 Å². The van der Waals surface area contributed by atoms with E-state index < -0.39 is 12.2 Å². The molecule has 2 atom stereocenters. The number of hydrogen-bond acceptors (Lipinski definition) is 8. The summed E-state index contributed by atoms with van der Waals surface area (Å²) in [7, 11) is 1.82. The zero-order chi connectivity index (χ0) is 25.6. The molecule has 2 unspecified atom stereocenters. The molecule has 4 N–H and O–H groups in total. The van der Waals surface area contributed by atoms with Crippen molar-refractivity contribution >= 4 is 22.6 Å². The number of ether oxygens (including phenoxy) is 2. The first-order valence-corrected chi connectivity index (χ1v) is 12.8. The van der Waals surface area contributed by atoms with Crippen LogP contribution in [0.2, 0.25) is 0 Å². The maximum Gasteiger partial charge on any atom is 0.119 e.